The fourth-order valence-electron chi connectivity index (χ4n) is 0. The van der Waals surface area contributed by atoms with Gasteiger partial charge in [-0.2, -0.15) is 26.3 Å². The molecule has 0 aromatic carbocycles. The number of rotatable bonds is 0. The second-order valence-corrected chi connectivity index (χ2v) is 4.54. The Balaban J connectivity index is -0.0000000980. The Morgan fingerprint density at radius 3 is 0.667 bits per heavy atom. The van der Waals surface area contributed by atoms with Gasteiger partial charge in [0.05, 0.1) is 0 Å². The molecule has 6 nitrogen and oxygen atoms in total. The van der Waals surface area contributed by atoms with E-state index in [9.17, 15) is 26.3 Å². The number of halogens is 6. The molecule has 0 fully saturated rings. The van der Waals surface area contributed by atoms with Crippen LogP contribution in [0.15, 0.2) is 0 Å². The van der Waals surface area contributed by atoms with Crippen LogP contribution in [0.5, 0.6) is 0 Å². The van der Waals surface area contributed by atoms with Gasteiger partial charge in [0.15, 0.2) is 20.2 Å². The fraction of sp³-hybridized carbons (Fsp3) is 1.00. The van der Waals surface area contributed by atoms with Crippen molar-refractivity contribution in [1.82, 2.24) is 0 Å². The summed E-state index contributed by atoms with van der Waals surface area (Å²) in [6, 6.07) is 0. The van der Waals surface area contributed by atoms with Crippen LogP contribution in [0.1, 0.15) is 0 Å². The molecular weight excluding hydrogens is 429 g/mol. The van der Waals surface area contributed by atoms with Crippen LogP contribution >= 0.6 is 0 Å². The van der Waals surface area contributed by atoms with Gasteiger partial charge in [-0.3, -0.25) is 0 Å². The van der Waals surface area contributed by atoms with Crippen molar-refractivity contribution in [3.63, 3.8) is 0 Å². The summed E-state index contributed by atoms with van der Waals surface area (Å²) < 4.78 is 118. The Hall–Kier alpha value is 0.647. The molecule has 0 unspecified atom stereocenters. The molecule has 0 aromatic heterocycles. The van der Waals surface area contributed by atoms with Crippen molar-refractivity contribution in [2.75, 3.05) is 0 Å². The van der Waals surface area contributed by atoms with Gasteiger partial charge in [-0.25, -0.2) is 16.8 Å². The van der Waals surface area contributed by atoms with Crippen molar-refractivity contribution in [2.24, 2.45) is 0 Å². The maximum Gasteiger partial charge on any atom is 2.00 e. The number of hydrogen-bond donors (Lipinski definition) is 0. The molecule has 100 valence electrons. The smallest absolute Gasteiger partial charge is 0.741 e. The van der Waals surface area contributed by atoms with Crippen LogP contribution in [-0.2, 0) is 59.2 Å². The first-order valence-corrected chi connectivity index (χ1v) is 5.36. The molecule has 0 heterocycles. The van der Waals surface area contributed by atoms with Crippen LogP contribution in [0.3, 0.4) is 0 Å². The quantitative estimate of drug-likeness (QED) is 0.234. The van der Waals surface area contributed by atoms with Gasteiger partial charge >= 0.3 is 50.0 Å². The Labute approximate surface area is 122 Å². The van der Waals surface area contributed by atoms with Crippen molar-refractivity contribution < 1.29 is 91.2 Å². The standard InChI is InChI=1S/2CHF3O3S.2Zn/c2*2-1(3,4)8(5,6)7;;/h2*(H,5,6,7);;/q;;2*+2/p-2. The molecule has 0 aliphatic rings. The topological polar surface area (TPSA) is 114 Å². The molecule has 0 aliphatic heterocycles. The maximum absolute atomic E-state index is 10.7. The summed E-state index contributed by atoms with van der Waals surface area (Å²) in [5.41, 5.74) is -11.3. The molecule has 0 saturated carbocycles. The van der Waals surface area contributed by atoms with E-state index in [1.165, 1.54) is 0 Å². The zero-order valence-electron chi connectivity index (χ0n) is 7.95. The average Bonchev–Trinajstić information content (AvgIpc) is 1.77. The van der Waals surface area contributed by atoms with E-state index in [-0.39, 0.29) is 39.0 Å². The Morgan fingerprint density at radius 2 is 0.667 bits per heavy atom. The van der Waals surface area contributed by atoms with E-state index >= 15 is 0 Å². The van der Waals surface area contributed by atoms with Gasteiger partial charge in [-0.15, -0.1) is 0 Å². The van der Waals surface area contributed by atoms with E-state index in [4.69, 9.17) is 25.9 Å². The first kappa shape index (κ1) is 27.1. The molecule has 0 aliphatic carbocycles. The molecule has 0 rings (SSSR count). The Morgan fingerprint density at radius 1 is 0.611 bits per heavy atom. The zero-order chi connectivity index (χ0) is 14.0. The van der Waals surface area contributed by atoms with Crippen LogP contribution in [0.2, 0.25) is 0 Å². The third-order valence-corrected chi connectivity index (χ3v) is 1.70. The molecule has 0 saturated heterocycles. The van der Waals surface area contributed by atoms with Crippen molar-refractivity contribution in [3.05, 3.63) is 0 Å². The summed E-state index contributed by atoms with van der Waals surface area (Å²) >= 11 is 0. The van der Waals surface area contributed by atoms with E-state index in [0.29, 0.717) is 0 Å². The second-order valence-electron chi connectivity index (χ2n) is 1.80. The predicted molar refractivity (Wildman–Crippen MR) is 31.5 cm³/mol. The Bertz CT molecular complexity index is 378. The van der Waals surface area contributed by atoms with Gasteiger partial charge in [-0.1, -0.05) is 0 Å². The molecule has 0 spiro atoms. The number of alkyl halides is 6. The summed E-state index contributed by atoms with van der Waals surface area (Å²) in [5, 5.41) is 0. The minimum atomic E-state index is -6.09. The van der Waals surface area contributed by atoms with Gasteiger partial charge in [-0.05, 0) is 0 Å². The van der Waals surface area contributed by atoms with E-state index in [2.05, 4.69) is 0 Å². The first-order valence-electron chi connectivity index (χ1n) is 2.54. The van der Waals surface area contributed by atoms with Crippen LogP contribution in [0.25, 0.3) is 0 Å². The Kier molecular flexibility index (Phi) is 12.1. The second kappa shape index (κ2) is 8.05. The van der Waals surface area contributed by atoms with Crippen molar-refractivity contribution in [3.8, 4) is 0 Å². The van der Waals surface area contributed by atoms with Crippen LogP contribution < -0.4 is 0 Å². The summed E-state index contributed by atoms with van der Waals surface area (Å²) in [6.07, 6.45) is 0. The summed E-state index contributed by atoms with van der Waals surface area (Å²) in [5.74, 6) is 0. The van der Waals surface area contributed by atoms with E-state index in [1.54, 1.807) is 0 Å². The zero-order valence-corrected chi connectivity index (χ0v) is 15.5. The third-order valence-electron chi connectivity index (χ3n) is 0.567. The van der Waals surface area contributed by atoms with Crippen molar-refractivity contribution in [1.29, 1.82) is 0 Å². The minimum Gasteiger partial charge on any atom is -0.741 e. The van der Waals surface area contributed by atoms with E-state index in [1.807, 2.05) is 0 Å². The molecule has 0 aromatic rings. The first-order chi connectivity index (χ1) is 6.50. The predicted octanol–water partition coefficient (Wildman–Crippen LogP) is 0.0978. The maximum atomic E-state index is 10.7. The summed E-state index contributed by atoms with van der Waals surface area (Å²) in [4.78, 5) is 0. The number of hydrogen-bond acceptors (Lipinski definition) is 6. The van der Waals surface area contributed by atoms with Gasteiger partial charge in [0.2, 0.25) is 0 Å². The fourth-order valence-corrected chi connectivity index (χ4v) is 0. The van der Waals surface area contributed by atoms with Crippen LogP contribution in [-0.4, -0.2) is 37.0 Å². The van der Waals surface area contributed by atoms with Crippen LogP contribution in [0.4, 0.5) is 26.3 Å². The van der Waals surface area contributed by atoms with Gasteiger partial charge < -0.3 is 9.11 Å². The average molecular weight is 429 g/mol. The molecule has 18 heavy (non-hydrogen) atoms. The van der Waals surface area contributed by atoms with Crippen molar-refractivity contribution >= 4 is 20.2 Å². The molecule has 0 radical (unpaired) electrons. The van der Waals surface area contributed by atoms with Gasteiger partial charge in [0.1, 0.15) is 0 Å². The largest absolute Gasteiger partial charge is 2.00 e. The molecule has 0 amide bonds. The van der Waals surface area contributed by atoms with Crippen LogP contribution in [0, 0.1) is 0 Å². The van der Waals surface area contributed by atoms with Gasteiger partial charge in [0, 0.05) is 0 Å². The molecule has 0 N–H and O–H groups in total. The summed E-state index contributed by atoms with van der Waals surface area (Å²) in [7, 11) is -12.2. The normalized spacial score (nSPS) is 12.4. The third kappa shape index (κ3) is 11.7. The van der Waals surface area contributed by atoms with Gasteiger partial charge in [0.25, 0.3) is 0 Å². The van der Waals surface area contributed by atoms with E-state index < -0.39 is 31.3 Å². The molecule has 0 atom stereocenters. The molecule has 16 heteroatoms. The monoisotopic (exact) mass is 426 g/mol. The van der Waals surface area contributed by atoms with E-state index in [0.717, 1.165) is 0 Å². The molecule has 0 bridgehead atoms. The molecular formula is C2F6O6S2Zn2+2. The minimum absolute atomic E-state index is 0. The summed E-state index contributed by atoms with van der Waals surface area (Å²) in [6.45, 7) is 0. The SMILES string of the molecule is O=S(=O)([O-])C(F)(F)F.O=S(=O)([O-])C(F)(F)F.[Zn+2].[Zn+2]. The van der Waals surface area contributed by atoms with Crippen molar-refractivity contribution in [2.45, 2.75) is 11.0 Å².